The van der Waals surface area contributed by atoms with Gasteiger partial charge in [0.15, 0.2) is 0 Å². The van der Waals surface area contributed by atoms with E-state index in [0.29, 0.717) is 12.1 Å². The second kappa shape index (κ2) is 8.17. The van der Waals surface area contributed by atoms with Crippen molar-refractivity contribution >= 4 is 11.5 Å². The van der Waals surface area contributed by atoms with Crippen molar-refractivity contribution in [2.75, 3.05) is 11.6 Å². The lowest BCUT2D eigenvalue weighted by atomic mass is 9.90. The number of hydrogen-bond acceptors (Lipinski definition) is 4. The Kier molecular flexibility index (Phi) is 5.23. The molecule has 2 N–H and O–H groups in total. The quantitative estimate of drug-likeness (QED) is 0.664. The monoisotopic (exact) mass is 402 g/mol. The fourth-order valence-corrected chi connectivity index (χ4v) is 4.75. The number of aromatic nitrogens is 1. The van der Waals surface area contributed by atoms with Crippen LogP contribution in [0.3, 0.4) is 0 Å². The normalized spacial score (nSPS) is 22.0. The number of benzene rings is 2. The standard InChI is InChI=1S/C25H27FN4/c26-21-13-20-16-29(23-11-9-22(27)10-12-23)17-30(25(20)28-15-21)24-8-4-7-19(14-24)18-5-2-1-3-6-18/h1-8,13-15,22-23H,9-12,16-17,27H2. The van der Waals surface area contributed by atoms with Gasteiger partial charge < -0.3 is 10.6 Å². The summed E-state index contributed by atoms with van der Waals surface area (Å²) in [4.78, 5) is 9.16. The molecule has 1 fully saturated rings. The topological polar surface area (TPSA) is 45.4 Å². The maximum atomic E-state index is 14.0. The van der Waals surface area contributed by atoms with Gasteiger partial charge in [-0.1, -0.05) is 42.5 Å². The average Bonchev–Trinajstić information content (AvgIpc) is 2.79. The van der Waals surface area contributed by atoms with Gasteiger partial charge >= 0.3 is 0 Å². The second-order valence-corrected chi connectivity index (χ2v) is 8.44. The fraction of sp³-hybridized carbons (Fsp3) is 0.320. The molecule has 2 heterocycles. The van der Waals surface area contributed by atoms with Crippen LogP contribution in [0.4, 0.5) is 15.9 Å². The highest BCUT2D eigenvalue weighted by Gasteiger charge is 2.31. The Morgan fingerprint density at radius 3 is 2.47 bits per heavy atom. The van der Waals surface area contributed by atoms with Gasteiger partial charge in [-0.05, 0) is 55.0 Å². The number of nitrogens with two attached hydrogens (primary N) is 1. The maximum Gasteiger partial charge on any atom is 0.141 e. The molecule has 1 saturated carbocycles. The van der Waals surface area contributed by atoms with Crippen LogP contribution in [0.1, 0.15) is 31.2 Å². The van der Waals surface area contributed by atoms with Crippen LogP contribution in [0.5, 0.6) is 0 Å². The number of anilines is 2. The molecule has 0 amide bonds. The van der Waals surface area contributed by atoms with E-state index in [9.17, 15) is 4.39 Å². The summed E-state index contributed by atoms with van der Waals surface area (Å²) < 4.78 is 14.0. The summed E-state index contributed by atoms with van der Waals surface area (Å²) >= 11 is 0. The Morgan fingerprint density at radius 2 is 1.67 bits per heavy atom. The number of halogens is 1. The highest BCUT2D eigenvalue weighted by Crippen LogP contribution is 2.36. The van der Waals surface area contributed by atoms with Gasteiger partial charge in [-0.25, -0.2) is 9.37 Å². The van der Waals surface area contributed by atoms with E-state index in [2.05, 4.69) is 63.3 Å². The van der Waals surface area contributed by atoms with Crippen molar-refractivity contribution in [1.29, 1.82) is 0 Å². The number of pyridine rings is 1. The molecule has 3 aromatic rings. The molecule has 0 atom stereocenters. The lowest BCUT2D eigenvalue weighted by Crippen LogP contribution is -2.48. The van der Waals surface area contributed by atoms with Gasteiger partial charge in [0, 0.05) is 29.9 Å². The van der Waals surface area contributed by atoms with Gasteiger partial charge in [0.2, 0.25) is 0 Å². The summed E-state index contributed by atoms with van der Waals surface area (Å²) in [5.41, 5.74) is 10.5. The summed E-state index contributed by atoms with van der Waals surface area (Å²) in [6, 6.07) is 21.3. The minimum atomic E-state index is -0.278. The molecule has 1 aliphatic heterocycles. The highest BCUT2D eigenvalue weighted by atomic mass is 19.1. The zero-order valence-electron chi connectivity index (χ0n) is 17.0. The predicted molar refractivity (Wildman–Crippen MR) is 119 cm³/mol. The summed E-state index contributed by atoms with van der Waals surface area (Å²) in [7, 11) is 0. The summed E-state index contributed by atoms with van der Waals surface area (Å²) in [6.45, 7) is 1.48. The number of fused-ring (bicyclic) bond motifs is 1. The van der Waals surface area contributed by atoms with Crippen LogP contribution >= 0.6 is 0 Å². The van der Waals surface area contributed by atoms with E-state index >= 15 is 0 Å². The van der Waals surface area contributed by atoms with Crippen molar-refractivity contribution in [3.63, 3.8) is 0 Å². The van der Waals surface area contributed by atoms with E-state index in [4.69, 9.17) is 5.73 Å². The molecule has 0 radical (unpaired) electrons. The third kappa shape index (κ3) is 3.83. The second-order valence-electron chi connectivity index (χ2n) is 8.44. The predicted octanol–water partition coefficient (Wildman–Crippen LogP) is 5.07. The Labute approximate surface area is 177 Å². The van der Waals surface area contributed by atoms with Crippen LogP contribution < -0.4 is 10.6 Å². The van der Waals surface area contributed by atoms with Crippen LogP contribution in [0.25, 0.3) is 11.1 Å². The fourth-order valence-electron chi connectivity index (χ4n) is 4.75. The first kappa shape index (κ1) is 19.2. The van der Waals surface area contributed by atoms with Crippen molar-refractivity contribution < 1.29 is 4.39 Å². The molecule has 5 rings (SSSR count). The van der Waals surface area contributed by atoms with Crippen LogP contribution in [0.15, 0.2) is 66.9 Å². The number of rotatable bonds is 3. The first-order valence-corrected chi connectivity index (χ1v) is 10.7. The smallest absolute Gasteiger partial charge is 0.141 e. The molecule has 0 bridgehead atoms. The van der Waals surface area contributed by atoms with E-state index in [1.54, 1.807) is 6.07 Å². The largest absolute Gasteiger partial charge is 0.328 e. The van der Waals surface area contributed by atoms with Crippen LogP contribution in [0, 0.1) is 5.82 Å². The number of nitrogens with zero attached hydrogens (tertiary/aromatic N) is 3. The lowest BCUT2D eigenvalue weighted by molar-refractivity contribution is 0.138. The Bertz CT molecular complexity index is 1010. The Balaban J connectivity index is 1.50. The molecule has 0 saturated heterocycles. The molecule has 2 aliphatic rings. The third-order valence-corrected chi connectivity index (χ3v) is 6.38. The molecule has 30 heavy (non-hydrogen) atoms. The molecule has 1 aliphatic carbocycles. The van der Waals surface area contributed by atoms with Gasteiger partial charge in [-0.3, -0.25) is 4.90 Å². The van der Waals surface area contributed by atoms with E-state index in [-0.39, 0.29) is 5.82 Å². The van der Waals surface area contributed by atoms with Gasteiger partial charge in [0.25, 0.3) is 0 Å². The van der Waals surface area contributed by atoms with Gasteiger partial charge in [-0.15, -0.1) is 0 Å². The van der Waals surface area contributed by atoms with Crippen molar-refractivity contribution in [3.05, 3.63) is 78.2 Å². The molecule has 1 aromatic heterocycles. The van der Waals surface area contributed by atoms with E-state index in [0.717, 1.165) is 61.5 Å². The zero-order valence-corrected chi connectivity index (χ0v) is 17.0. The minimum Gasteiger partial charge on any atom is -0.328 e. The minimum absolute atomic E-state index is 0.278. The first-order valence-electron chi connectivity index (χ1n) is 10.7. The molecule has 2 aromatic carbocycles. The third-order valence-electron chi connectivity index (χ3n) is 6.38. The molecular formula is C25H27FN4. The molecule has 4 nitrogen and oxygen atoms in total. The SMILES string of the molecule is NC1CCC(N2Cc3cc(F)cnc3N(c3cccc(-c4ccccc4)c3)C2)CC1. The van der Waals surface area contributed by atoms with Crippen molar-refractivity contribution in [3.8, 4) is 11.1 Å². The molecule has 0 unspecified atom stereocenters. The van der Waals surface area contributed by atoms with Crippen molar-refractivity contribution in [1.82, 2.24) is 9.88 Å². The van der Waals surface area contributed by atoms with Gasteiger partial charge in [0.05, 0.1) is 12.9 Å². The van der Waals surface area contributed by atoms with Crippen LogP contribution in [0.2, 0.25) is 0 Å². The molecular weight excluding hydrogens is 375 g/mol. The van der Waals surface area contributed by atoms with E-state index in [1.165, 1.54) is 11.8 Å². The summed E-state index contributed by atoms with van der Waals surface area (Å²) in [5.74, 6) is 0.574. The average molecular weight is 403 g/mol. The van der Waals surface area contributed by atoms with E-state index < -0.39 is 0 Å². The van der Waals surface area contributed by atoms with Crippen LogP contribution in [-0.4, -0.2) is 28.6 Å². The summed E-state index contributed by atoms with van der Waals surface area (Å²) in [6.07, 6.45) is 5.62. The Morgan fingerprint density at radius 1 is 0.900 bits per heavy atom. The first-order chi connectivity index (χ1) is 14.7. The van der Waals surface area contributed by atoms with Crippen molar-refractivity contribution in [2.24, 2.45) is 5.73 Å². The van der Waals surface area contributed by atoms with Crippen LogP contribution in [-0.2, 0) is 6.54 Å². The van der Waals surface area contributed by atoms with E-state index in [1.807, 2.05) is 6.07 Å². The van der Waals surface area contributed by atoms with Gasteiger partial charge in [0.1, 0.15) is 11.6 Å². The zero-order chi connectivity index (χ0) is 20.5. The maximum absolute atomic E-state index is 14.0. The van der Waals surface area contributed by atoms with Crippen molar-refractivity contribution in [2.45, 2.75) is 44.3 Å². The Hall–Kier alpha value is -2.76. The lowest BCUT2D eigenvalue weighted by Gasteiger charge is -2.43. The molecule has 154 valence electrons. The molecule has 5 heteroatoms. The molecule has 0 spiro atoms. The number of hydrogen-bond donors (Lipinski definition) is 1. The highest BCUT2D eigenvalue weighted by molar-refractivity contribution is 5.72. The summed E-state index contributed by atoms with van der Waals surface area (Å²) in [5, 5.41) is 0. The van der Waals surface area contributed by atoms with Gasteiger partial charge in [-0.2, -0.15) is 0 Å².